The van der Waals surface area contributed by atoms with Crippen LogP contribution in [0.15, 0.2) is 0 Å². The number of rotatable bonds is 1. The van der Waals surface area contributed by atoms with E-state index in [9.17, 15) is 0 Å². The first-order chi connectivity index (χ1) is 10.4. The Morgan fingerprint density at radius 3 is 2.32 bits per heavy atom. The quantitative estimate of drug-likeness (QED) is 0.459. The Bertz CT molecular complexity index is 434. The Balaban J connectivity index is 1.72. The Kier molecular flexibility index (Phi) is 3.98. The smallest absolute Gasteiger partial charge is 0.155 e. The molecule has 1 aliphatic heterocycles. The van der Waals surface area contributed by atoms with Gasteiger partial charge >= 0.3 is 0 Å². The molecule has 0 aromatic heterocycles. The number of halogens is 1. The number of hydrogen-bond donors (Lipinski definition) is 0. The van der Waals surface area contributed by atoms with E-state index in [0.29, 0.717) is 0 Å². The van der Waals surface area contributed by atoms with Crippen molar-refractivity contribution < 1.29 is 0 Å². The summed E-state index contributed by atoms with van der Waals surface area (Å²) >= 11 is 7.13. The second-order valence-electron chi connectivity index (χ2n) is 9.59. The molecule has 0 aromatic carbocycles. The van der Waals surface area contributed by atoms with E-state index < -0.39 is 7.38 Å². The SMILES string of the molecule is CC1CCC2C(C1)C1C3CCCCC3C([Si](C)(C)Cl)C1N2C. The Morgan fingerprint density at radius 1 is 0.955 bits per heavy atom. The maximum absolute atomic E-state index is 7.13. The average Bonchev–Trinajstić information content (AvgIpc) is 2.93. The van der Waals surface area contributed by atoms with Gasteiger partial charge in [0, 0.05) is 12.1 Å². The predicted molar refractivity (Wildman–Crippen MR) is 97.9 cm³/mol. The van der Waals surface area contributed by atoms with Gasteiger partial charge in [0.05, 0.1) is 0 Å². The summed E-state index contributed by atoms with van der Waals surface area (Å²) < 4.78 is 0. The molecule has 1 heterocycles. The summed E-state index contributed by atoms with van der Waals surface area (Å²) in [4.78, 5) is 2.85. The summed E-state index contributed by atoms with van der Waals surface area (Å²) in [6, 6.07) is 1.71. The minimum atomic E-state index is -1.61. The maximum atomic E-state index is 7.13. The molecule has 0 N–H and O–H groups in total. The zero-order chi connectivity index (χ0) is 15.6. The van der Waals surface area contributed by atoms with Gasteiger partial charge in [-0.1, -0.05) is 39.3 Å². The molecule has 0 amide bonds. The van der Waals surface area contributed by atoms with Crippen LogP contribution in [-0.4, -0.2) is 31.4 Å². The van der Waals surface area contributed by atoms with E-state index in [0.717, 1.165) is 47.2 Å². The molecular weight excluding hydrogens is 306 g/mol. The lowest BCUT2D eigenvalue weighted by Gasteiger charge is -2.42. The third-order valence-corrected chi connectivity index (χ3v) is 11.1. The van der Waals surface area contributed by atoms with Crippen molar-refractivity contribution in [1.82, 2.24) is 4.90 Å². The van der Waals surface area contributed by atoms with Gasteiger partial charge < -0.3 is 0 Å². The van der Waals surface area contributed by atoms with E-state index in [1.54, 1.807) is 0 Å². The van der Waals surface area contributed by atoms with Crippen molar-refractivity contribution in [3.05, 3.63) is 0 Å². The van der Waals surface area contributed by atoms with Gasteiger partial charge in [0.1, 0.15) is 0 Å². The summed E-state index contributed by atoms with van der Waals surface area (Å²) in [6.45, 7) is 7.37. The van der Waals surface area contributed by atoms with Gasteiger partial charge in [-0.3, -0.25) is 4.90 Å². The van der Waals surface area contributed by atoms with Crippen LogP contribution >= 0.6 is 11.1 Å². The lowest BCUT2D eigenvalue weighted by Crippen LogP contribution is -2.45. The molecule has 0 bridgehead atoms. The normalized spacial score (nSPS) is 52.2. The lowest BCUT2D eigenvalue weighted by atomic mass is 9.68. The molecule has 8 unspecified atom stereocenters. The molecule has 3 saturated carbocycles. The first-order valence-electron chi connectivity index (χ1n) is 9.80. The van der Waals surface area contributed by atoms with Crippen molar-refractivity contribution in [2.75, 3.05) is 7.05 Å². The molecule has 1 nitrogen and oxygen atoms in total. The van der Waals surface area contributed by atoms with E-state index in [-0.39, 0.29) is 0 Å². The molecule has 0 spiro atoms. The number of fused-ring (bicyclic) bond motifs is 5. The molecule has 8 atom stereocenters. The number of hydrogen-bond acceptors (Lipinski definition) is 1. The predicted octanol–water partition coefficient (Wildman–Crippen LogP) is 5.36. The van der Waals surface area contributed by atoms with Crippen LogP contribution < -0.4 is 0 Å². The van der Waals surface area contributed by atoms with Gasteiger partial charge in [0.15, 0.2) is 7.38 Å². The minimum Gasteiger partial charge on any atom is -0.300 e. The first-order valence-corrected chi connectivity index (χ1v) is 13.9. The minimum absolute atomic E-state index is 0.826. The lowest BCUT2D eigenvalue weighted by molar-refractivity contribution is 0.117. The molecule has 0 aromatic rings. The topological polar surface area (TPSA) is 3.24 Å². The zero-order valence-corrected chi connectivity index (χ0v) is 16.6. The van der Waals surface area contributed by atoms with Gasteiger partial charge in [-0.25, -0.2) is 0 Å². The third kappa shape index (κ3) is 2.27. The van der Waals surface area contributed by atoms with Gasteiger partial charge in [0.2, 0.25) is 0 Å². The first kappa shape index (κ1) is 16.0. The molecule has 3 heteroatoms. The number of nitrogens with zero attached hydrogens (tertiary/aromatic N) is 1. The van der Waals surface area contributed by atoms with Crippen molar-refractivity contribution >= 4 is 18.5 Å². The Hall–Kier alpha value is 0.467. The molecule has 0 radical (unpaired) electrons. The second-order valence-corrected chi connectivity index (χ2v) is 16.3. The highest BCUT2D eigenvalue weighted by Crippen LogP contribution is 2.65. The second kappa shape index (κ2) is 5.49. The van der Waals surface area contributed by atoms with E-state index in [4.69, 9.17) is 11.1 Å². The zero-order valence-electron chi connectivity index (χ0n) is 14.9. The third-order valence-electron chi connectivity index (χ3n) is 8.00. The molecule has 4 aliphatic rings. The molecular formula is C19H34ClNSi. The van der Waals surface area contributed by atoms with Crippen molar-refractivity contribution in [3.63, 3.8) is 0 Å². The van der Waals surface area contributed by atoms with Crippen LogP contribution in [0.2, 0.25) is 18.6 Å². The molecule has 4 rings (SSSR count). The highest BCUT2D eigenvalue weighted by Gasteiger charge is 2.64. The standard InChI is InChI=1S/C19H34ClNSi/c1-12-9-10-16-15(11-12)17-13-7-5-6-8-14(13)19(22(3,4)20)18(17)21(16)2/h12-19H,5-11H2,1-4H3. The van der Waals surface area contributed by atoms with Crippen LogP contribution in [0, 0.1) is 29.6 Å². The molecule has 3 aliphatic carbocycles. The summed E-state index contributed by atoms with van der Waals surface area (Å²) in [5, 5.41) is 0. The Labute approximate surface area is 142 Å². The fourth-order valence-corrected chi connectivity index (χ4v) is 11.0. The molecule has 1 saturated heterocycles. The van der Waals surface area contributed by atoms with E-state index in [1.165, 1.54) is 44.9 Å². The van der Waals surface area contributed by atoms with Gasteiger partial charge in [-0.2, -0.15) is 11.1 Å². The van der Waals surface area contributed by atoms with Crippen molar-refractivity contribution in [3.8, 4) is 0 Å². The maximum Gasteiger partial charge on any atom is 0.155 e. The van der Waals surface area contributed by atoms with Crippen molar-refractivity contribution in [1.29, 1.82) is 0 Å². The van der Waals surface area contributed by atoms with Crippen LogP contribution in [0.3, 0.4) is 0 Å². The average molecular weight is 340 g/mol. The van der Waals surface area contributed by atoms with E-state index in [1.807, 2.05) is 0 Å². The van der Waals surface area contributed by atoms with Crippen molar-refractivity contribution in [2.45, 2.75) is 82.6 Å². The summed E-state index contributed by atoms with van der Waals surface area (Å²) in [7, 11) is 0.847. The highest BCUT2D eigenvalue weighted by molar-refractivity contribution is 7.19. The Morgan fingerprint density at radius 2 is 1.64 bits per heavy atom. The molecule has 126 valence electrons. The van der Waals surface area contributed by atoms with Crippen LogP contribution in [-0.2, 0) is 0 Å². The molecule has 4 fully saturated rings. The fourth-order valence-electron chi connectivity index (χ4n) is 7.42. The largest absolute Gasteiger partial charge is 0.300 e. The van der Waals surface area contributed by atoms with Gasteiger partial charge in [-0.05, 0) is 67.9 Å². The summed E-state index contributed by atoms with van der Waals surface area (Å²) in [5.74, 6) is 4.90. The summed E-state index contributed by atoms with van der Waals surface area (Å²) in [5.41, 5.74) is 0.843. The van der Waals surface area contributed by atoms with E-state index >= 15 is 0 Å². The van der Waals surface area contributed by atoms with Crippen LogP contribution in [0.4, 0.5) is 0 Å². The highest BCUT2D eigenvalue weighted by atomic mass is 35.6. The summed E-state index contributed by atoms with van der Waals surface area (Å²) in [6.07, 6.45) is 10.3. The fraction of sp³-hybridized carbons (Fsp3) is 1.00. The van der Waals surface area contributed by atoms with Gasteiger partial charge in [0.25, 0.3) is 0 Å². The van der Waals surface area contributed by atoms with Gasteiger partial charge in [-0.15, -0.1) is 0 Å². The van der Waals surface area contributed by atoms with Crippen LogP contribution in [0.25, 0.3) is 0 Å². The number of likely N-dealkylation sites (tertiary alicyclic amines) is 1. The monoisotopic (exact) mass is 339 g/mol. The van der Waals surface area contributed by atoms with E-state index in [2.05, 4.69) is 32.0 Å². The van der Waals surface area contributed by atoms with Crippen LogP contribution in [0.1, 0.15) is 51.9 Å². The van der Waals surface area contributed by atoms with Crippen molar-refractivity contribution in [2.24, 2.45) is 29.6 Å². The van der Waals surface area contributed by atoms with Crippen LogP contribution in [0.5, 0.6) is 0 Å². The molecule has 22 heavy (non-hydrogen) atoms.